The fraction of sp³-hybridized carbons (Fsp3) is 1.00. The molecule has 62 valence electrons. The van der Waals surface area contributed by atoms with Crippen LogP contribution in [-0.2, 0) is 4.74 Å². The van der Waals surface area contributed by atoms with Crippen LogP contribution in [-0.4, -0.2) is 11.7 Å². The predicted molar refractivity (Wildman–Crippen MR) is 43.3 cm³/mol. The maximum absolute atomic E-state index is 5.75. The summed E-state index contributed by atoms with van der Waals surface area (Å²) in [6, 6.07) is 0. The average Bonchev–Trinajstić information content (AvgIpc) is 2.58. The molecule has 0 aromatic heterocycles. The minimum absolute atomic E-state index is 0.323. The van der Waals surface area contributed by atoms with Crippen molar-refractivity contribution in [2.45, 2.75) is 45.3 Å². The third-order valence-corrected chi connectivity index (χ3v) is 4.50. The molecule has 3 saturated carbocycles. The quantitative estimate of drug-likeness (QED) is 0.485. The van der Waals surface area contributed by atoms with Gasteiger partial charge in [-0.15, -0.1) is 0 Å². The van der Waals surface area contributed by atoms with Gasteiger partial charge in [0.15, 0.2) is 0 Å². The van der Waals surface area contributed by atoms with Crippen molar-refractivity contribution in [3.8, 4) is 0 Å². The molecule has 4 aliphatic rings. The van der Waals surface area contributed by atoms with Gasteiger partial charge in [0.2, 0.25) is 0 Å². The van der Waals surface area contributed by atoms with Crippen LogP contribution in [0.3, 0.4) is 0 Å². The molecule has 4 fully saturated rings. The maximum atomic E-state index is 5.75. The van der Waals surface area contributed by atoms with E-state index in [0.717, 1.165) is 11.8 Å². The first-order chi connectivity index (χ1) is 5.04. The lowest BCUT2D eigenvalue weighted by atomic mass is 9.47. The van der Waals surface area contributed by atoms with Crippen molar-refractivity contribution in [2.24, 2.45) is 17.3 Å². The highest BCUT2D eigenvalue weighted by Gasteiger charge is 2.71. The number of epoxide rings is 1. The van der Waals surface area contributed by atoms with Crippen molar-refractivity contribution < 1.29 is 4.74 Å². The van der Waals surface area contributed by atoms with Crippen LogP contribution in [0.2, 0.25) is 0 Å². The summed E-state index contributed by atoms with van der Waals surface area (Å²) in [5, 5.41) is 0. The Balaban J connectivity index is 1.94. The summed E-state index contributed by atoms with van der Waals surface area (Å²) in [5.41, 5.74) is 0.920. The number of rotatable bonds is 0. The van der Waals surface area contributed by atoms with Gasteiger partial charge in [-0.1, -0.05) is 13.8 Å². The van der Waals surface area contributed by atoms with E-state index in [1.807, 2.05) is 0 Å². The molecule has 4 atom stereocenters. The topological polar surface area (TPSA) is 12.5 Å². The van der Waals surface area contributed by atoms with Crippen LogP contribution in [0.15, 0.2) is 0 Å². The number of hydrogen-bond donors (Lipinski definition) is 0. The van der Waals surface area contributed by atoms with Crippen LogP contribution >= 0.6 is 0 Å². The van der Waals surface area contributed by atoms with E-state index in [1.54, 1.807) is 0 Å². The lowest BCUT2D eigenvalue weighted by Crippen LogP contribution is -2.54. The number of hydrogen-bond acceptors (Lipinski definition) is 1. The second kappa shape index (κ2) is 1.39. The Morgan fingerprint density at radius 3 is 2.45 bits per heavy atom. The van der Waals surface area contributed by atoms with E-state index >= 15 is 0 Å². The molecular weight excluding hydrogens is 136 g/mol. The average molecular weight is 152 g/mol. The Labute approximate surface area is 68.1 Å². The van der Waals surface area contributed by atoms with Gasteiger partial charge in [0.05, 0.1) is 11.7 Å². The molecule has 2 unspecified atom stereocenters. The van der Waals surface area contributed by atoms with Crippen molar-refractivity contribution in [1.82, 2.24) is 0 Å². The molecule has 0 amide bonds. The standard InChI is InChI=1S/C10H16O/c1-9(2)6-4-7(9)8-10(3,5-6)11-8/h6-8H,4-5H2,1-3H3/t6-,7+,8?,10?/m0/s1. The Morgan fingerprint density at radius 2 is 2.00 bits per heavy atom. The third kappa shape index (κ3) is 0.547. The Kier molecular flexibility index (Phi) is 0.820. The first kappa shape index (κ1) is 6.47. The van der Waals surface area contributed by atoms with Gasteiger partial charge in [0.25, 0.3) is 0 Å². The van der Waals surface area contributed by atoms with Gasteiger partial charge in [-0.25, -0.2) is 0 Å². The van der Waals surface area contributed by atoms with Gasteiger partial charge in [-0.05, 0) is 37.0 Å². The van der Waals surface area contributed by atoms with E-state index in [4.69, 9.17) is 4.74 Å². The molecule has 3 aliphatic carbocycles. The summed E-state index contributed by atoms with van der Waals surface area (Å²) >= 11 is 0. The van der Waals surface area contributed by atoms with Crippen molar-refractivity contribution in [1.29, 1.82) is 0 Å². The minimum Gasteiger partial charge on any atom is -0.366 e. The van der Waals surface area contributed by atoms with Crippen molar-refractivity contribution >= 4 is 0 Å². The largest absolute Gasteiger partial charge is 0.366 e. The molecule has 2 bridgehead atoms. The third-order valence-electron chi connectivity index (χ3n) is 4.50. The molecule has 1 aliphatic heterocycles. The predicted octanol–water partition coefficient (Wildman–Crippen LogP) is 2.21. The van der Waals surface area contributed by atoms with Gasteiger partial charge in [-0.2, -0.15) is 0 Å². The SMILES string of the molecule is CC12C[C@@H]3C[C@H](C1O2)C3(C)C. The lowest BCUT2D eigenvalue weighted by molar-refractivity contribution is -0.0597. The minimum atomic E-state index is 0.323. The van der Waals surface area contributed by atoms with Gasteiger partial charge < -0.3 is 4.74 Å². The molecule has 1 heterocycles. The normalized spacial score (nSPS) is 63.0. The van der Waals surface area contributed by atoms with Crippen LogP contribution in [0.1, 0.15) is 33.6 Å². The van der Waals surface area contributed by atoms with Gasteiger partial charge in [0, 0.05) is 0 Å². The summed E-state index contributed by atoms with van der Waals surface area (Å²) in [7, 11) is 0. The number of ether oxygens (including phenoxy) is 1. The van der Waals surface area contributed by atoms with Gasteiger partial charge in [-0.3, -0.25) is 0 Å². The highest BCUT2D eigenvalue weighted by Crippen LogP contribution is 2.69. The van der Waals surface area contributed by atoms with Crippen molar-refractivity contribution in [3.05, 3.63) is 0 Å². The smallest absolute Gasteiger partial charge is 0.0926 e. The van der Waals surface area contributed by atoms with Crippen LogP contribution in [0.25, 0.3) is 0 Å². The van der Waals surface area contributed by atoms with E-state index in [2.05, 4.69) is 20.8 Å². The van der Waals surface area contributed by atoms with E-state index in [9.17, 15) is 0 Å². The second-order valence-electron chi connectivity index (χ2n) is 5.42. The molecule has 1 nitrogen and oxygen atoms in total. The van der Waals surface area contributed by atoms with Crippen molar-refractivity contribution in [2.75, 3.05) is 0 Å². The van der Waals surface area contributed by atoms with E-state index in [1.165, 1.54) is 12.8 Å². The highest BCUT2D eigenvalue weighted by molar-refractivity contribution is 5.19. The van der Waals surface area contributed by atoms with E-state index in [0.29, 0.717) is 17.1 Å². The van der Waals surface area contributed by atoms with Crippen molar-refractivity contribution in [3.63, 3.8) is 0 Å². The zero-order chi connectivity index (χ0) is 7.85. The van der Waals surface area contributed by atoms with Crippen LogP contribution in [0.4, 0.5) is 0 Å². The summed E-state index contributed by atoms with van der Waals surface area (Å²) in [5.74, 6) is 1.84. The summed E-state index contributed by atoms with van der Waals surface area (Å²) in [6.07, 6.45) is 3.39. The molecule has 1 heteroatoms. The molecule has 4 rings (SSSR count). The molecule has 0 spiro atoms. The molecule has 0 aromatic rings. The zero-order valence-electron chi connectivity index (χ0n) is 7.55. The first-order valence-electron chi connectivity index (χ1n) is 4.72. The monoisotopic (exact) mass is 152 g/mol. The molecule has 0 radical (unpaired) electrons. The van der Waals surface area contributed by atoms with E-state index < -0.39 is 0 Å². The molecule has 1 saturated heterocycles. The second-order valence-corrected chi connectivity index (χ2v) is 5.42. The van der Waals surface area contributed by atoms with Crippen LogP contribution in [0, 0.1) is 17.3 Å². The summed E-state index contributed by atoms with van der Waals surface area (Å²) in [4.78, 5) is 0. The Hall–Kier alpha value is -0.0400. The lowest BCUT2D eigenvalue weighted by Gasteiger charge is -2.56. The highest BCUT2D eigenvalue weighted by atomic mass is 16.6. The first-order valence-corrected chi connectivity index (χ1v) is 4.72. The Morgan fingerprint density at radius 1 is 1.27 bits per heavy atom. The molecule has 0 N–H and O–H groups in total. The molecule has 11 heavy (non-hydrogen) atoms. The summed E-state index contributed by atoms with van der Waals surface area (Å²) < 4.78 is 5.75. The fourth-order valence-electron chi connectivity index (χ4n) is 3.33. The summed E-state index contributed by atoms with van der Waals surface area (Å²) in [6.45, 7) is 7.10. The molecule has 0 aromatic carbocycles. The van der Waals surface area contributed by atoms with E-state index in [-0.39, 0.29) is 0 Å². The zero-order valence-corrected chi connectivity index (χ0v) is 7.55. The van der Waals surface area contributed by atoms with Crippen LogP contribution < -0.4 is 0 Å². The maximum Gasteiger partial charge on any atom is 0.0926 e. The van der Waals surface area contributed by atoms with Crippen LogP contribution in [0.5, 0.6) is 0 Å². The van der Waals surface area contributed by atoms with Gasteiger partial charge >= 0.3 is 0 Å². The Bertz CT molecular complexity index is 221. The fourth-order valence-corrected chi connectivity index (χ4v) is 3.33. The van der Waals surface area contributed by atoms with Gasteiger partial charge in [0.1, 0.15) is 0 Å². The molecular formula is C10H16O.